The zero-order chi connectivity index (χ0) is 33.4. The molecule has 0 nitrogen and oxygen atoms in total. The lowest BCUT2D eigenvalue weighted by atomic mass is 9.88. The fourth-order valence-corrected chi connectivity index (χ4v) is 2.23. The maximum Gasteiger partial charge on any atom is 0.460 e. The highest BCUT2D eigenvalue weighted by Crippen LogP contribution is 2.63. The Hall–Kier alpha value is -1.82. The molecule has 0 aliphatic rings. The lowest BCUT2D eigenvalue weighted by Gasteiger charge is -2.41. The molecule has 242 valence electrons. The number of alkyl halides is 26. The molecule has 0 aromatic carbocycles. The normalized spacial score (nSPS) is 16.9. The SMILES string of the molecule is FC(F)(F)C(F)(F)C(F)(F)C(F)(F)C(F)(F)C(F)(F)CCC(F)(F)C(F)(F)C(F)(F)C(F)(F)C(F)(F)C(F)(F)F. The molecule has 0 heterocycles. The quantitative estimate of drug-likeness (QED) is 0.193. The van der Waals surface area contributed by atoms with Gasteiger partial charge in [0.2, 0.25) is 0 Å². The fourth-order valence-electron chi connectivity index (χ4n) is 2.23. The summed E-state index contributed by atoms with van der Waals surface area (Å²) in [6, 6.07) is 0. The molecule has 0 saturated heterocycles. The summed E-state index contributed by atoms with van der Waals surface area (Å²) in [6.07, 6.45) is -24.7. The van der Waals surface area contributed by atoms with E-state index < -0.39 is 84.4 Å². The first-order valence-electron chi connectivity index (χ1n) is 8.62. The van der Waals surface area contributed by atoms with Gasteiger partial charge in [0.15, 0.2) is 0 Å². The second kappa shape index (κ2) is 9.34. The molecule has 0 amide bonds. The second-order valence-corrected chi connectivity index (χ2v) is 7.50. The molecule has 0 aromatic heterocycles. The Labute approximate surface area is 200 Å². The van der Waals surface area contributed by atoms with Crippen molar-refractivity contribution in [3.8, 4) is 0 Å². The maximum atomic E-state index is 13.4. The van der Waals surface area contributed by atoms with E-state index in [4.69, 9.17) is 0 Å². The Kier molecular flexibility index (Phi) is 8.92. The Morgan fingerprint density at radius 2 is 0.350 bits per heavy atom. The van der Waals surface area contributed by atoms with Crippen molar-refractivity contribution < 1.29 is 114 Å². The monoisotopic (exact) mass is 666 g/mol. The van der Waals surface area contributed by atoms with Crippen molar-refractivity contribution in [1.82, 2.24) is 0 Å². The van der Waals surface area contributed by atoms with Gasteiger partial charge in [-0.2, -0.15) is 114 Å². The molecular weight excluding hydrogens is 662 g/mol. The molecule has 0 aliphatic carbocycles. The van der Waals surface area contributed by atoms with E-state index in [9.17, 15) is 114 Å². The van der Waals surface area contributed by atoms with Crippen LogP contribution in [0.5, 0.6) is 0 Å². The zero-order valence-corrected chi connectivity index (χ0v) is 17.2. The van der Waals surface area contributed by atoms with Crippen molar-refractivity contribution in [3.05, 3.63) is 0 Å². The molecule has 0 N–H and O–H groups in total. The van der Waals surface area contributed by atoms with Gasteiger partial charge in [-0.05, 0) is 0 Å². The van der Waals surface area contributed by atoms with E-state index in [1.54, 1.807) is 0 Å². The molecule has 0 aromatic rings. The number of halogens is 26. The summed E-state index contributed by atoms with van der Waals surface area (Å²) in [6.45, 7) is 0. The van der Waals surface area contributed by atoms with Gasteiger partial charge in [-0.15, -0.1) is 0 Å². The van der Waals surface area contributed by atoms with E-state index in [-0.39, 0.29) is 0 Å². The summed E-state index contributed by atoms with van der Waals surface area (Å²) < 4.78 is 334. The lowest BCUT2D eigenvalue weighted by molar-refractivity contribution is -0.445. The van der Waals surface area contributed by atoms with E-state index in [2.05, 4.69) is 0 Å². The van der Waals surface area contributed by atoms with Gasteiger partial charge in [0, 0.05) is 12.8 Å². The van der Waals surface area contributed by atoms with Crippen LogP contribution < -0.4 is 0 Å². The van der Waals surface area contributed by atoms with E-state index in [0.29, 0.717) is 0 Å². The average molecular weight is 666 g/mol. The summed E-state index contributed by atoms with van der Waals surface area (Å²) in [5, 5.41) is 0. The predicted molar refractivity (Wildman–Crippen MR) is 70.8 cm³/mol. The van der Waals surface area contributed by atoms with Crippen molar-refractivity contribution in [2.45, 2.75) is 84.4 Å². The van der Waals surface area contributed by atoms with Crippen LogP contribution in [0.15, 0.2) is 0 Å². The largest absolute Gasteiger partial charge is 0.460 e. The van der Waals surface area contributed by atoms with Crippen molar-refractivity contribution in [2.75, 3.05) is 0 Å². The van der Waals surface area contributed by atoms with Crippen LogP contribution >= 0.6 is 0 Å². The molecular formula is C14H4F26. The molecule has 0 unspecified atom stereocenters. The molecule has 0 radical (unpaired) electrons. The molecule has 0 rings (SSSR count). The maximum absolute atomic E-state index is 13.4. The highest BCUT2D eigenvalue weighted by molar-refractivity contribution is 5.12. The van der Waals surface area contributed by atoms with Crippen molar-refractivity contribution >= 4 is 0 Å². The van der Waals surface area contributed by atoms with Crippen molar-refractivity contribution in [3.63, 3.8) is 0 Å². The minimum absolute atomic E-state index is 4.41. The minimum Gasteiger partial charge on any atom is -0.200 e. The van der Waals surface area contributed by atoms with Crippen LogP contribution in [0.1, 0.15) is 12.8 Å². The minimum atomic E-state index is -8.69. The average Bonchev–Trinajstić information content (AvgIpc) is 2.69. The second-order valence-electron chi connectivity index (χ2n) is 7.50. The summed E-state index contributed by atoms with van der Waals surface area (Å²) >= 11 is 0. The van der Waals surface area contributed by atoms with Gasteiger partial charge in [0.05, 0.1) is 0 Å². The first kappa shape index (κ1) is 38.2. The van der Waals surface area contributed by atoms with Crippen LogP contribution in [0.3, 0.4) is 0 Å². The van der Waals surface area contributed by atoms with E-state index in [1.807, 2.05) is 0 Å². The molecule has 0 aliphatic heterocycles. The van der Waals surface area contributed by atoms with Crippen LogP contribution in [0, 0.1) is 0 Å². The Bertz CT molecular complexity index is 823. The predicted octanol–water partition coefficient (Wildman–Crippen LogP) is 9.24. The van der Waals surface area contributed by atoms with Crippen LogP contribution in [0.2, 0.25) is 0 Å². The van der Waals surface area contributed by atoms with Gasteiger partial charge in [-0.1, -0.05) is 0 Å². The summed E-state index contributed by atoms with van der Waals surface area (Å²) in [4.78, 5) is 0. The van der Waals surface area contributed by atoms with Crippen LogP contribution in [-0.2, 0) is 0 Å². The third-order valence-corrected chi connectivity index (χ3v) is 4.75. The van der Waals surface area contributed by atoms with E-state index >= 15 is 0 Å². The third kappa shape index (κ3) is 4.94. The highest BCUT2D eigenvalue weighted by Gasteiger charge is 2.92. The molecule has 0 bridgehead atoms. The first-order valence-corrected chi connectivity index (χ1v) is 8.62. The van der Waals surface area contributed by atoms with Gasteiger partial charge in [0.25, 0.3) is 0 Å². The highest BCUT2D eigenvalue weighted by atomic mass is 19.4. The Morgan fingerprint density at radius 1 is 0.200 bits per heavy atom. The molecule has 40 heavy (non-hydrogen) atoms. The summed E-state index contributed by atoms with van der Waals surface area (Å²) in [5.74, 6) is -83.5. The molecule has 26 heteroatoms. The lowest BCUT2D eigenvalue weighted by Crippen LogP contribution is -2.71. The summed E-state index contributed by atoms with van der Waals surface area (Å²) in [7, 11) is 0. The van der Waals surface area contributed by atoms with Crippen LogP contribution in [0.25, 0.3) is 0 Å². The molecule has 0 saturated carbocycles. The topological polar surface area (TPSA) is 0 Å². The number of rotatable bonds is 11. The van der Waals surface area contributed by atoms with Gasteiger partial charge < -0.3 is 0 Å². The molecule has 0 atom stereocenters. The number of hydrogen-bond acceptors (Lipinski definition) is 0. The molecule has 0 fully saturated rings. The van der Waals surface area contributed by atoms with Gasteiger partial charge in [-0.3, -0.25) is 0 Å². The smallest absolute Gasteiger partial charge is 0.200 e. The van der Waals surface area contributed by atoms with Gasteiger partial charge in [0.1, 0.15) is 0 Å². The Morgan fingerprint density at radius 3 is 0.500 bits per heavy atom. The standard InChI is InChI=1S/C14H4F26/c15-3(16,5(19,20)7(23,24)9(27,28)11(31,32)13(35,36)37)1-2-4(17,18)6(21,22)8(25,26)10(29,30)12(33,34)14(38,39)40/h1-2H2. The molecule has 0 spiro atoms. The third-order valence-electron chi connectivity index (χ3n) is 4.75. The Balaban J connectivity index is 6.57. The van der Waals surface area contributed by atoms with Crippen LogP contribution in [0.4, 0.5) is 114 Å². The fraction of sp³-hybridized carbons (Fsp3) is 1.00. The summed E-state index contributed by atoms with van der Waals surface area (Å²) in [5.41, 5.74) is 0. The van der Waals surface area contributed by atoms with E-state index in [1.165, 1.54) is 0 Å². The van der Waals surface area contributed by atoms with Gasteiger partial charge >= 0.3 is 71.6 Å². The first-order chi connectivity index (χ1) is 16.7. The van der Waals surface area contributed by atoms with Crippen molar-refractivity contribution in [2.24, 2.45) is 0 Å². The van der Waals surface area contributed by atoms with Gasteiger partial charge in [-0.25, -0.2) is 0 Å². The van der Waals surface area contributed by atoms with E-state index in [0.717, 1.165) is 0 Å². The number of hydrogen-bond donors (Lipinski definition) is 0. The zero-order valence-electron chi connectivity index (χ0n) is 17.2. The van der Waals surface area contributed by atoms with Crippen LogP contribution in [-0.4, -0.2) is 71.6 Å². The van der Waals surface area contributed by atoms with Crippen molar-refractivity contribution in [1.29, 1.82) is 0 Å².